The number of anilines is 1. The van der Waals surface area contributed by atoms with Crippen molar-refractivity contribution in [3.8, 4) is 0 Å². The Labute approximate surface area is 175 Å². The van der Waals surface area contributed by atoms with E-state index in [1.807, 2.05) is 6.92 Å². The summed E-state index contributed by atoms with van der Waals surface area (Å²) in [6.45, 7) is 5.20. The number of hydrogen-bond donors (Lipinski definition) is 1. The fraction of sp³-hybridized carbons (Fsp3) is 0.632. The van der Waals surface area contributed by atoms with Gasteiger partial charge in [-0.1, -0.05) is 11.6 Å². The van der Waals surface area contributed by atoms with Crippen LogP contribution in [0.1, 0.15) is 39.2 Å². The van der Waals surface area contributed by atoms with Crippen molar-refractivity contribution in [1.82, 2.24) is 18.8 Å². The van der Waals surface area contributed by atoms with Gasteiger partial charge in [0.25, 0.3) is 5.56 Å². The number of aromatic nitrogens is 3. The summed E-state index contributed by atoms with van der Waals surface area (Å²) in [4.78, 5) is 22.0. The molecule has 2 fully saturated rings. The summed E-state index contributed by atoms with van der Waals surface area (Å²) in [6.07, 6.45) is 2.97. The molecule has 0 radical (unpaired) electrons. The first-order valence-electron chi connectivity index (χ1n) is 10.1. The molecule has 29 heavy (non-hydrogen) atoms. The van der Waals surface area contributed by atoms with Gasteiger partial charge in [0.05, 0.1) is 5.75 Å². The third-order valence-electron chi connectivity index (χ3n) is 5.98. The molecule has 1 aliphatic heterocycles. The van der Waals surface area contributed by atoms with E-state index in [-0.39, 0.29) is 29.1 Å². The number of nitrogens with one attached hydrogen (secondary N) is 1. The van der Waals surface area contributed by atoms with Crippen molar-refractivity contribution in [3.05, 3.63) is 27.6 Å². The van der Waals surface area contributed by atoms with Gasteiger partial charge in [-0.15, -0.1) is 0 Å². The monoisotopic (exact) mass is 439 g/mol. The van der Waals surface area contributed by atoms with Gasteiger partial charge in [0.2, 0.25) is 10.0 Å². The van der Waals surface area contributed by atoms with E-state index in [2.05, 4.69) is 15.3 Å². The van der Waals surface area contributed by atoms with Crippen molar-refractivity contribution in [3.63, 3.8) is 0 Å². The molecule has 0 spiro atoms. The van der Waals surface area contributed by atoms with Crippen LogP contribution in [0.3, 0.4) is 0 Å². The molecule has 1 aliphatic carbocycles. The minimum Gasteiger partial charge on any atom is -0.365 e. The fourth-order valence-corrected chi connectivity index (χ4v) is 5.31. The van der Waals surface area contributed by atoms with Crippen molar-refractivity contribution in [1.29, 1.82) is 0 Å². The van der Waals surface area contributed by atoms with E-state index in [4.69, 9.17) is 11.6 Å². The third kappa shape index (κ3) is 4.13. The van der Waals surface area contributed by atoms with E-state index in [0.717, 1.165) is 19.3 Å². The Morgan fingerprint density at radius 2 is 2.03 bits per heavy atom. The van der Waals surface area contributed by atoms with E-state index in [9.17, 15) is 13.2 Å². The van der Waals surface area contributed by atoms with Crippen LogP contribution in [-0.4, -0.2) is 52.6 Å². The maximum atomic E-state index is 13.2. The van der Waals surface area contributed by atoms with Crippen molar-refractivity contribution in [2.24, 2.45) is 11.8 Å². The smallest absolute Gasteiger partial charge is 0.295 e. The molecule has 0 amide bonds. The summed E-state index contributed by atoms with van der Waals surface area (Å²) >= 11 is 6.07. The van der Waals surface area contributed by atoms with Gasteiger partial charge < -0.3 is 5.32 Å². The number of nitrogens with zero attached hydrogens (tertiary/aromatic N) is 4. The third-order valence-corrected chi connectivity index (χ3v) is 8.04. The maximum Gasteiger partial charge on any atom is 0.295 e. The van der Waals surface area contributed by atoms with Crippen LogP contribution in [0.25, 0.3) is 11.2 Å². The average molecular weight is 440 g/mol. The zero-order valence-corrected chi connectivity index (χ0v) is 18.2. The zero-order valence-electron chi connectivity index (χ0n) is 16.6. The molecule has 1 unspecified atom stereocenters. The van der Waals surface area contributed by atoms with Gasteiger partial charge in [0, 0.05) is 25.7 Å². The highest BCUT2D eigenvalue weighted by atomic mass is 35.5. The summed E-state index contributed by atoms with van der Waals surface area (Å²) < 4.78 is 27.4. The molecule has 1 N–H and O–H groups in total. The number of hydrogen-bond acceptors (Lipinski definition) is 6. The molecule has 2 aromatic heterocycles. The van der Waals surface area contributed by atoms with Crippen LogP contribution in [0.15, 0.2) is 16.9 Å². The number of pyridine rings is 1. The van der Waals surface area contributed by atoms with E-state index >= 15 is 0 Å². The first kappa shape index (κ1) is 20.6. The number of fused-ring (bicyclic) bond motifs is 1. The molecule has 8 nitrogen and oxygen atoms in total. The molecule has 2 atom stereocenters. The molecule has 0 bridgehead atoms. The molecule has 1 saturated heterocycles. The minimum absolute atomic E-state index is 0.0242. The van der Waals surface area contributed by atoms with Crippen LogP contribution in [0.5, 0.6) is 0 Å². The van der Waals surface area contributed by atoms with Gasteiger partial charge in [-0.3, -0.25) is 9.36 Å². The first-order valence-corrected chi connectivity index (χ1v) is 12.1. The Morgan fingerprint density at radius 1 is 1.28 bits per heavy atom. The van der Waals surface area contributed by atoms with Crippen LogP contribution in [0, 0.1) is 11.8 Å². The van der Waals surface area contributed by atoms with E-state index < -0.39 is 10.0 Å². The Kier molecular flexibility index (Phi) is 5.56. The average Bonchev–Trinajstić information content (AvgIpc) is 3.43. The van der Waals surface area contributed by atoms with Gasteiger partial charge in [0.1, 0.15) is 10.7 Å². The summed E-state index contributed by atoms with van der Waals surface area (Å²) in [5, 5.41) is 3.51. The molecule has 1 saturated carbocycles. The van der Waals surface area contributed by atoms with E-state index in [1.165, 1.54) is 4.31 Å². The second-order valence-corrected chi connectivity index (χ2v) is 10.6. The molecule has 4 rings (SSSR count). The summed E-state index contributed by atoms with van der Waals surface area (Å²) in [5.41, 5.74) is 0.918. The Morgan fingerprint density at radius 3 is 2.72 bits per heavy atom. The fourth-order valence-electron chi connectivity index (χ4n) is 3.98. The van der Waals surface area contributed by atoms with Crippen molar-refractivity contribution in [2.75, 3.05) is 30.7 Å². The molecule has 2 aromatic rings. The van der Waals surface area contributed by atoms with E-state index in [1.54, 1.807) is 23.6 Å². The molecule has 2 aliphatic rings. The van der Waals surface area contributed by atoms with Crippen LogP contribution in [0.4, 0.5) is 5.82 Å². The summed E-state index contributed by atoms with van der Waals surface area (Å²) in [7, 11) is -3.17. The zero-order chi connectivity index (χ0) is 20.8. The van der Waals surface area contributed by atoms with Crippen LogP contribution in [0.2, 0.25) is 5.15 Å². The quantitative estimate of drug-likeness (QED) is 0.665. The normalized spacial score (nSPS) is 21.6. The van der Waals surface area contributed by atoms with Crippen molar-refractivity contribution >= 4 is 38.6 Å². The largest absolute Gasteiger partial charge is 0.365 e. The van der Waals surface area contributed by atoms with Gasteiger partial charge in [0.15, 0.2) is 11.5 Å². The lowest BCUT2D eigenvalue weighted by Gasteiger charge is -2.19. The van der Waals surface area contributed by atoms with Gasteiger partial charge >= 0.3 is 0 Å². The lowest BCUT2D eigenvalue weighted by Crippen LogP contribution is -2.32. The highest BCUT2D eigenvalue weighted by molar-refractivity contribution is 7.89. The Hall–Kier alpha value is -1.71. The second kappa shape index (κ2) is 7.85. The maximum absolute atomic E-state index is 13.2. The standard InChI is InChI=1S/C19H26ClN5O3S/c1-3-29(27,28)24-9-8-13(11-24)10-21-17-19(26)25(12(2)14-4-5-14)18-15(22-17)6-7-16(20)23-18/h6-7,12-14H,3-5,8-11H2,1-2H3,(H,21,22)/t12?,13-/m1/s1. The van der Waals surface area contributed by atoms with Gasteiger partial charge in [-0.2, -0.15) is 0 Å². The molecule has 3 heterocycles. The van der Waals surface area contributed by atoms with Crippen molar-refractivity contribution in [2.45, 2.75) is 39.2 Å². The van der Waals surface area contributed by atoms with Crippen molar-refractivity contribution < 1.29 is 8.42 Å². The van der Waals surface area contributed by atoms with Crippen LogP contribution < -0.4 is 10.9 Å². The highest BCUT2D eigenvalue weighted by Gasteiger charge is 2.33. The SMILES string of the molecule is CCS(=O)(=O)N1CC[C@H](CNc2nc3ccc(Cl)nc3n(C(C)C3CC3)c2=O)C1. The highest BCUT2D eigenvalue weighted by Crippen LogP contribution is 2.39. The van der Waals surface area contributed by atoms with Gasteiger partial charge in [-0.05, 0) is 57.1 Å². The number of rotatable bonds is 7. The van der Waals surface area contributed by atoms with Crippen LogP contribution in [-0.2, 0) is 10.0 Å². The lowest BCUT2D eigenvalue weighted by atomic mass is 10.1. The molecular formula is C19H26ClN5O3S. The molecule has 158 valence electrons. The number of halogens is 1. The Balaban J connectivity index is 1.59. The van der Waals surface area contributed by atoms with Crippen LogP contribution >= 0.6 is 11.6 Å². The van der Waals surface area contributed by atoms with Gasteiger partial charge in [-0.25, -0.2) is 22.7 Å². The predicted molar refractivity (Wildman–Crippen MR) is 114 cm³/mol. The van der Waals surface area contributed by atoms with E-state index in [0.29, 0.717) is 41.9 Å². The summed E-state index contributed by atoms with van der Waals surface area (Å²) in [5.74, 6) is 1.00. The predicted octanol–water partition coefficient (Wildman–Crippen LogP) is 2.50. The first-order chi connectivity index (χ1) is 13.8. The molecular weight excluding hydrogens is 414 g/mol. The molecule has 0 aromatic carbocycles. The second-order valence-electron chi connectivity index (χ2n) is 7.98. The minimum atomic E-state index is -3.17. The Bertz CT molecular complexity index is 1080. The number of sulfonamides is 1. The lowest BCUT2D eigenvalue weighted by molar-refractivity contribution is 0.462. The topological polar surface area (TPSA) is 97.2 Å². The summed E-state index contributed by atoms with van der Waals surface area (Å²) in [6, 6.07) is 3.47. The molecule has 10 heteroatoms.